The Balaban J connectivity index is 0.000000606. The van der Waals surface area contributed by atoms with Crippen molar-refractivity contribution < 1.29 is 0 Å². The second kappa shape index (κ2) is 4.64. The van der Waals surface area contributed by atoms with Gasteiger partial charge in [0.15, 0.2) is 0 Å². The monoisotopic (exact) mass is 219 g/mol. The molecule has 0 atom stereocenters. The molecule has 0 aliphatic rings. The summed E-state index contributed by atoms with van der Waals surface area (Å²) in [6.07, 6.45) is 3.66. The Hall–Kier alpha value is -1.38. The molecule has 16 heavy (non-hydrogen) atoms. The predicted molar refractivity (Wildman–Crippen MR) is 68.6 cm³/mol. The van der Waals surface area contributed by atoms with E-state index in [0.29, 0.717) is 0 Å². The number of aromatic nitrogens is 3. The lowest BCUT2D eigenvalue weighted by atomic mass is 9.90. The molecule has 3 nitrogen and oxygen atoms in total. The number of rotatable bonds is 0. The smallest absolute Gasteiger partial charge is 0.143 e. The van der Waals surface area contributed by atoms with E-state index >= 15 is 0 Å². The van der Waals surface area contributed by atoms with E-state index in [2.05, 4.69) is 36.8 Å². The first-order chi connectivity index (χ1) is 7.50. The summed E-state index contributed by atoms with van der Waals surface area (Å²) in [5, 5.41) is 1.16. The highest BCUT2D eigenvalue weighted by atomic mass is 15.0. The molecule has 2 aromatic heterocycles. The molecule has 0 aliphatic heterocycles. The summed E-state index contributed by atoms with van der Waals surface area (Å²) < 4.78 is 2.02. The third-order valence-electron chi connectivity index (χ3n) is 2.37. The van der Waals surface area contributed by atoms with E-state index in [-0.39, 0.29) is 5.41 Å². The largest absolute Gasteiger partial charge is 0.335 e. The number of aryl methyl sites for hydroxylation is 1. The van der Waals surface area contributed by atoms with E-state index in [9.17, 15) is 0 Å². The topological polar surface area (TPSA) is 30.7 Å². The molecule has 2 aromatic rings. The Morgan fingerprint density at radius 2 is 1.75 bits per heavy atom. The maximum atomic E-state index is 4.37. The van der Waals surface area contributed by atoms with E-state index in [1.165, 1.54) is 0 Å². The molecule has 0 spiro atoms. The minimum atomic E-state index is 0.0720. The lowest BCUT2D eigenvalue weighted by molar-refractivity contribution is 0.574. The van der Waals surface area contributed by atoms with Gasteiger partial charge in [0, 0.05) is 24.0 Å². The molecule has 0 aliphatic carbocycles. The van der Waals surface area contributed by atoms with Crippen molar-refractivity contribution in [3.8, 4) is 0 Å². The summed E-state index contributed by atoms with van der Waals surface area (Å²) in [4.78, 5) is 8.63. The third kappa shape index (κ3) is 2.23. The molecule has 0 amide bonds. The molecule has 88 valence electrons. The molecule has 2 rings (SSSR count). The Morgan fingerprint density at radius 1 is 1.12 bits per heavy atom. The van der Waals surface area contributed by atoms with Gasteiger partial charge in [0.1, 0.15) is 12.0 Å². The van der Waals surface area contributed by atoms with Crippen LogP contribution in [0.15, 0.2) is 18.6 Å². The van der Waals surface area contributed by atoms with Crippen molar-refractivity contribution in [2.24, 2.45) is 7.05 Å². The Morgan fingerprint density at radius 3 is 2.31 bits per heavy atom. The maximum absolute atomic E-state index is 4.37. The molecule has 0 saturated carbocycles. The highest BCUT2D eigenvalue weighted by molar-refractivity contribution is 5.79. The van der Waals surface area contributed by atoms with Crippen LogP contribution < -0.4 is 0 Å². The van der Waals surface area contributed by atoms with Crippen LogP contribution in [0.4, 0.5) is 0 Å². The van der Waals surface area contributed by atoms with Gasteiger partial charge in [0.05, 0.1) is 5.69 Å². The fourth-order valence-corrected chi connectivity index (χ4v) is 1.68. The summed E-state index contributed by atoms with van der Waals surface area (Å²) in [6, 6.07) is 2.08. The molecular formula is C13H21N3. The van der Waals surface area contributed by atoms with Gasteiger partial charge in [-0.2, -0.15) is 0 Å². The first-order valence-corrected chi connectivity index (χ1v) is 5.76. The standard InChI is InChI=1S/C11H15N3.C2H6/c1-11(2,3)9-8-5-6-14(4)10(8)13-7-12-9;1-2/h5-7H,1-4H3;1-2H3. The van der Waals surface area contributed by atoms with Crippen molar-refractivity contribution in [3.63, 3.8) is 0 Å². The van der Waals surface area contributed by atoms with Crippen molar-refractivity contribution in [1.29, 1.82) is 0 Å². The van der Waals surface area contributed by atoms with Gasteiger partial charge in [0.2, 0.25) is 0 Å². The van der Waals surface area contributed by atoms with Crippen LogP contribution in [0.25, 0.3) is 11.0 Å². The molecule has 0 radical (unpaired) electrons. The second-order valence-corrected chi connectivity index (χ2v) is 4.64. The van der Waals surface area contributed by atoms with Gasteiger partial charge in [-0.3, -0.25) is 0 Å². The molecule has 0 unspecified atom stereocenters. The summed E-state index contributed by atoms with van der Waals surface area (Å²) in [5.41, 5.74) is 2.19. The summed E-state index contributed by atoms with van der Waals surface area (Å²) in [5.74, 6) is 0. The average molecular weight is 219 g/mol. The normalized spacial score (nSPS) is 11.1. The fourth-order valence-electron chi connectivity index (χ4n) is 1.68. The van der Waals surface area contributed by atoms with Crippen LogP contribution in [-0.4, -0.2) is 14.5 Å². The van der Waals surface area contributed by atoms with Gasteiger partial charge in [-0.15, -0.1) is 0 Å². The SMILES string of the molecule is CC.Cn1ccc2c(C(C)(C)C)ncnc21. The third-order valence-corrected chi connectivity index (χ3v) is 2.37. The lowest BCUT2D eigenvalue weighted by Gasteiger charge is -2.18. The van der Waals surface area contributed by atoms with Gasteiger partial charge in [-0.25, -0.2) is 9.97 Å². The van der Waals surface area contributed by atoms with Crippen molar-refractivity contribution in [2.75, 3.05) is 0 Å². The van der Waals surface area contributed by atoms with Crippen LogP contribution in [-0.2, 0) is 12.5 Å². The Kier molecular flexibility index (Phi) is 3.68. The lowest BCUT2D eigenvalue weighted by Crippen LogP contribution is -2.14. The zero-order chi connectivity index (χ0) is 12.3. The quantitative estimate of drug-likeness (QED) is 0.680. The van der Waals surface area contributed by atoms with Crippen molar-refractivity contribution in [2.45, 2.75) is 40.0 Å². The molecule has 0 aromatic carbocycles. The molecule has 0 N–H and O–H groups in total. The second-order valence-electron chi connectivity index (χ2n) is 4.64. The van der Waals surface area contributed by atoms with Gasteiger partial charge in [-0.05, 0) is 6.07 Å². The molecule has 0 saturated heterocycles. The van der Waals surface area contributed by atoms with Crippen LogP contribution in [0, 0.1) is 0 Å². The summed E-state index contributed by atoms with van der Waals surface area (Å²) >= 11 is 0. The average Bonchev–Trinajstić information content (AvgIpc) is 2.62. The van der Waals surface area contributed by atoms with Crippen molar-refractivity contribution >= 4 is 11.0 Å². The van der Waals surface area contributed by atoms with Gasteiger partial charge in [-0.1, -0.05) is 34.6 Å². The zero-order valence-electron chi connectivity index (χ0n) is 11.1. The zero-order valence-corrected chi connectivity index (χ0v) is 11.1. The summed E-state index contributed by atoms with van der Waals surface area (Å²) in [7, 11) is 2.00. The number of hydrogen-bond donors (Lipinski definition) is 0. The molecule has 0 bridgehead atoms. The van der Waals surface area contributed by atoms with Crippen LogP contribution in [0.1, 0.15) is 40.3 Å². The summed E-state index contributed by atoms with van der Waals surface area (Å²) in [6.45, 7) is 10.5. The van der Waals surface area contributed by atoms with E-state index < -0.39 is 0 Å². The Bertz CT molecular complexity index is 463. The van der Waals surface area contributed by atoms with Gasteiger partial charge in [0.25, 0.3) is 0 Å². The molecular weight excluding hydrogens is 198 g/mol. The number of nitrogens with zero attached hydrogens (tertiary/aromatic N) is 3. The van der Waals surface area contributed by atoms with E-state index in [4.69, 9.17) is 0 Å². The highest BCUT2D eigenvalue weighted by Gasteiger charge is 2.19. The molecule has 2 heterocycles. The molecule has 0 fully saturated rings. The van der Waals surface area contributed by atoms with Gasteiger partial charge >= 0.3 is 0 Å². The van der Waals surface area contributed by atoms with Crippen LogP contribution >= 0.6 is 0 Å². The molecule has 3 heteroatoms. The van der Waals surface area contributed by atoms with Crippen LogP contribution in [0.3, 0.4) is 0 Å². The van der Waals surface area contributed by atoms with E-state index in [1.807, 2.05) is 31.7 Å². The minimum absolute atomic E-state index is 0.0720. The number of fused-ring (bicyclic) bond motifs is 1. The minimum Gasteiger partial charge on any atom is -0.335 e. The Labute approximate surface area is 97.5 Å². The van der Waals surface area contributed by atoms with Crippen molar-refractivity contribution in [1.82, 2.24) is 14.5 Å². The number of hydrogen-bond acceptors (Lipinski definition) is 2. The van der Waals surface area contributed by atoms with E-state index in [0.717, 1.165) is 16.7 Å². The fraction of sp³-hybridized carbons (Fsp3) is 0.538. The van der Waals surface area contributed by atoms with E-state index in [1.54, 1.807) is 6.33 Å². The highest BCUT2D eigenvalue weighted by Crippen LogP contribution is 2.26. The first kappa shape index (κ1) is 12.7. The van der Waals surface area contributed by atoms with Crippen LogP contribution in [0.5, 0.6) is 0 Å². The van der Waals surface area contributed by atoms with Crippen LogP contribution in [0.2, 0.25) is 0 Å². The van der Waals surface area contributed by atoms with Gasteiger partial charge < -0.3 is 4.57 Å². The maximum Gasteiger partial charge on any atom is 0.143 e. The predicted octanol–water partition coefficient (Wildman–Crippen LogP) is 3.29. The first-order valence-electron chi connectivity index (χ1n) is 5.76. The van der Waals surface area contributed by atoms with Crippen molar-refractivity contribution in [3.05, 3.63) is 24.3 Å².